The van der Waals surface area contributed by atoms with Gasteiger partial charge in [0.05, 0.1) is 32.4 Å². The normalized spacial score (nSPS) is 12.8. The Kier molecular flexibility index (Phi) is 10.5. The number of carbonyl (C=O) groups is 1. The molecule has 2 rings (SSSR count). The van der Waals surface area contributed by atoms with Crippen LogP contribution in [-0.2, 0) is 32.0 Å². The Hall–Kier alpha value is -2.22. The molecular weight excluding hydrogens is 418 g/mol. The first kappa shape index (κ1) is 27.0. The Morgan fingerprint density at radius 1 is 1.15 bits per heavy atom. The summed E-state index contributed by atoms with van der Waals surface area (Å²) in [7, 11) is 3.18. The van der Waals surface area contributed by atoms with Crippen molar-refractivity contribution in [2.75, 3.05) is 34.0 Å². The van der Waals surface area contributed by atoms with Crippen LogP contribution in [0.2, 0.25) is 0 Å². The van der Waals surface area contributed by atoms with E-state index in [9.17, 15) is 4.79 Å². The van der Waals surface area contributed by atoms with E-state index in [0.29, 0.717) is 26.2 Å². The van der Waals surface area contributed by atoms with E-state index in [1.165, 1.54) is 5.56 Å². The number of carbonyl (C=O) groups excluding carboxylic acids is 1. The second kappa shape index (κ2) is 12.9. The molecule has 0 aliphatic heterocycles. The van der Waals surface area contributed by atoms with E-state index >= 15 is 0 Å². The lowest BCUT2D eigenvalue weighted by Gasteiger charge is -2.39. The van der Waals surface area contributed by atoms with Crippen molar-refractivity contribution < 1.29 is 19.0 Å². The molecule has 7 heteroatoms. The van der Waals surface area contributed by atoms with E-state index in [2.05, 4.69) is 70.2 Å². The van der Waals surface area contributed by atoms with Gasteiger partial charge in [-0.15, -0.1) is 0 Å². The van der Waals surface area contributed by atoms with E-state index in [1.807, 2.05) is 15.8 Å². The summed E-state index contributed by atoms with van der Waals surface area (Å²) in [5.41, 5.74) is 3.42. The zero-order valence-corrected chi connectivity index (χ0v) is 21.3. The number of aryl methyl sites for hydroxylation is 1. The van der Waals surface area contributed by atoms with Gasteiger partial charge < -0.3 is 19.1 Å². The number of nitrogens with zero attached hydrogens (tertiary/aromatic N) is 3. The summed E-state index contributed by atoms with van der Waals surface area (Å²) in [6, 6.07) is 8.47. The predicted octanol–water partition coefficient (Wildman–Crippen LogP) is 4.40. The number of aromatic nitrogens is 2. The molecule has 7 nitrogen and oxygen atoms in total. The van der Waals surface area contributed by atoms with Crippen LogP contribution in [0.3, 0.4) is 0 Å². The molecule has 2 aromatic rings. The van der Waals surface area contributed by atoms with Crippen LogP contribution < -0.4 is 0 Å². The molecule has 184 valence electrons. The molecule has 1 atom stereocenters. The molecule has 1 amide bonds. The third kappa shape index (κ3) is 8.25. The maximum atomic E-state index is 13.0. The van der Waals surface area contributed by atoms with Crippen molar-refractivity contribution in [2.45, 2.75) is 66.3 Å². The quantitative estimate of drug-likeness (QED) is 0.328. The summed E-state index contributed by atoms with van der Waals surface area (Å²) in [5, 5.41) is 4.35. The number of rotatable bonds is 13. The van der Waals surface area contributed by atoms with E-state index < -0.39 is 6.29 Å². The molecule has 0 aliphatic rings. The van der Waals surface area contributed by atoms with Gasteiger partial charge in [-0.05, 0) is 36.8 Å². The summed E-state index contributed by atoms with van der Waals surface area (Å²) in [6.07, 6.45) is 4.63. The Balaban J connectivity index is 1.86. The molecule has 33 heavy (non-hydrogen) atoms. The fourth-order valence-electron chi connectivity index (χ4n) is 3.54. The smallest absolute Gasteiger partial charge is 0.225 e. The van der Waals surface area contributed by atoms with E-state index in [-0.39, 0.29) is 17.4 Å². The summed E-state index contributed by atoms with van der Waals surface area (Å²) < 4.78 is 18.4. The summed E-state index contributed by atoms with van der Waals surface area (Å²) in [6.45, 7) is 12.7. The van der Waals surface area contributed by atoms with E-state index in [0.717, 1.165) is 24.1 Å². The fraction of sp³-hybridized carbons (Fsp3) is 0.615. The van der Waals surface area contributed by atoms with Gasteiger partial charge in [0.15, 0.2) is 6.29 Å². The van der Waals surface area contributed by atoms with Gasteiger partial charge in [-0.3, -0.25) is 9.48 Å². The number of amides is 1. The molecule has 1 unspecified atom stereocenters. The number of ether oxygens (including phenoxy) is 3. The van der Waals surface area contributed by atoms with Gasteiger partial charge in [-0.25, -0.2) is 0 Å². The zero-order chi connectivity index (χ0) is 24.4. The third-order valence-corrected chi connectivity index (χ3v) is 6.13. The van der Waals surface area contributed by atoms with Gasteiger partial charge in [0.25, 0.3) is 0 Å². The largest absolute Gasteiger partial charge is 0.381 e. The standard InChI is InChI=1S/C26H41N3O4/c1-8-28-18-23(17-27-28)22-11-9-10-21(16-22)12-14-33-15-13-24(30)29(19-25(31-6)32-7)20(2)26(3,4)5/h9-11,16-18,20,25H,8,12-15,19H2,1-7H3. The Bertz CT molecular complexity index is 855. The molecule has 0 saturated heterocycles. The number of hydrogen-bond donors (Lipinski definition) is 0. The van der Waals surface area contributed by atoms with Crippen LogP contribution in [0.1, 0.15) is 46.6 Å². The number of methoxy groups -OCH3 is 2. The van der Waals surface area contributed by atoms with Crippen molar-refractivity contribution in [3.63, 3.8) is 0 Å². The van der Waals surface area contributed by atoms with E-state index in [4.69, 9.17) is 14.2 Å². The van der Waals surface area contributed by atoms with Gasteiger partial charge in [0.2, 0.25) is 5.91 Å². The van der Waals surface area contributed by atoms with Crippen LogP contribution >= 0.6 is 0 Å². The highest BCUT2D eigenvalue weighted by Crippen LogP contribution is 2.25. The minimum Gasteiger partial charge on any atom is -0.381 e. The predicted molar refractivity (Wildman–Crippen MR) is 131 cm³/mol. The molecule has 0 spiro atoms. The Labute approximate surface area is 199 Å². The molecule has 0 radical (unpaired) electrons. The molecule has 0 aliphatic carbocycles. The van der Waals surface area contributed by atoms with Crippen LogP contribution in [0.15, 0.2) is 36.7 Å². The second-order valence-electron chi connectivity index (χ2n) is 9.39. The first-order valence-electron chi connectivity index (χ1n) is 11.7. The molecule has 1 heterocycles. The average molecular weight is 460 g/mol. The van der Waals surface area contributed by atoms with Crippen LogP contribution in [0.4, 0.5) is 0 Å². The van der Waals surface area contributed by atoms with Gasteiger partial charge >= 0.3 is 0 Å². The molecule has 0 saturated carbocycles. The lowest BCUT2D eigenvalue weighted by atomic mass is 9.86. The lowest BCUT2D eigenvalue weighted by molar-refractivity contribution is -0.153. The van der Waals surface area contributed by atoms with Crippen LogP contribution in [0, 0.1) is 5.41 Å². The SMILES string of the molecule is CCn1cc(-c2cccc(CCOCCC(=O)N(CC(OC)OC)C(C)C(C)(C)C)c2)cn1. The first-order valence-corrected chi connectivity index (χ1v) is 11.7. The van der Waals surface area contributed by atoms with Gasteiger partial charge in [-0.1, -0.05) is 45.0 Å². The van der Waals surface area contributed by atoms with E-state index in [1.54, 1.807) is 14.2 Å². The van der Waals surface area contributed by atoms with Crippen molar-refractivity contribution >= 4 is 5.91 Å². The number of hydrogen-bond acceptors (Lipinski definition) is 5. The highest BCUT2D eigenvalue weighted by molar-refractivity contribution is 5.76. The monoisotopic (exact) mass is 459 g/mol. The first-order chi connectivity index (χ1) is 15.7. The molecule has 0 N–H and O–H groups in total. The summed E-state index contributed by atoms with van der Waals surface area (Å²) in [4.78, 5) is 14.8. The van der Waals surface area contributed by atoms with Crippen molar-refractivity contribution in [3.8, 4) is 11.1 Å². The summed E-state index contributed by atoms with van der Waals surface area (Å²) >= 11 is 0. The Morgan fingerprint density at radius 3 is 2.48 bits per heavy atom. The maximum absolute atomic E-state index is 13.0. The average Bonchev–Trinajstić information content (AvgIpc) is 3.28. The van der Waals surface area contributed by atoms with Crippen molar-refractivity contribution in [1.82, 2.24) is 14.7 Å². The molecular formula is C26H41N3O4. The fourth-order valence-corrected chi connectivity index (χ4v) is 3.54. The summed E-state index contributed by atoms with van der Waals surface area (Å²) in [5.74, 6) is 0.0476. The second-order valence-corrected chi connectivity index (χ2v) is 9.39. The van der Waals surface area contributed by atoms with Crippen LogP contribution in [0.5, 0.6) is 0 Å². The van der Waals surface area contributed by atoms with Gasteiger partial charge in [0.1, 0.15) is 0 Å². The zero-order valence-electron chi connectivity index (χ0n) is 21.3. The molecule has 0 bridgehead atoms. The topological polar surface area (TPSA) is 65.8 Å². The van der Waals surface area contributed by atoms with Crippen molar-refractivity contribution in [3.05, 3.63) is 42.2 Å². The molecule has 0 fully saturated rings. The highest BCUT2D eigenvalue weighted by Gasteiger charge is 2.31. The van der Waals surface area contributed by atoms with Gasteiger partial charge in [-0.2, -0.15) is 5.10 Å². The minimum absolute atomic E-state index is 0.0394. The Morgan fingerprint density at radius 2 is 1.88 bits per heavy atom. The molecule has 1 aromatic heterocycles. The maximum Gasteiger partial charge on any atom is 0.225 e. The van der Waals surface area contributed by atoms with Crippen molar-refractivity contribution in [1.29, 1.82) is 0 Å². The lowest BCUT2D eigenvalue weighted by Crippen LogP contribution is -2.49. The number of benzene rings is 1. The van der Waals surface area contributed by atoms with Crippen molar-refractivity contribution in [2.24, 2.45) is 5.41 Å². The minimum atomic E-state index is -0.448. The van der Waals surface area contributed by atoms with Gasteiger partial charge in [0, 0.05) is 38.6 Å². The molecule has 1 aromatic carbocycles. The third-order valence-electron chi connectivity index (χ3n) is 6.13. The van der Waals surface area contributed by atoms with Crippen LogP contribution in [0.25, 0.3) is 11.1 Å². The highest BCUT2D eigenvalue weighted by atomic mass is 16.7. The van der Waals surface area contributed by atoms with Crippen LogP contribution in [-0.4, -0.2) is 66.9 Å².